The third-order valence-electron chi connectivity index (χ3n) is 8.59. The Hall–Kier alpha value is -5.64. The molecule has 6 heteroatoms. The highest BCUT2D eigenvalue weighted by Crippen LogP contribution is 2.52. The van der Waals surface area contributed by atoms with Crippen molar-refractivity contribution in [1.29, 1.82) is 0 Å². The number of hydrogen-bond donors (Lipinski definition) is 0. The van der Waals surface area contributed by atoms with Gasteiger partial charge in [0, 0.05) is 27.3 Å². The molecular weight excluding hydrogens is 571 g/mol. The number of aromatic nitrogens is 4. The summed E-state index contributed by atoms with van der Waals surface area (Å²) in [7, 11) is -3.45. The van der Waals surface area contributed by atoms with Crippen LogP contribution in [0.4, 0.5) is 0 Å². The first-order chi connectivity index (χ1) is 22.2. The zero-order valence-corrected chi connectivity index (χ0v) is 25.0. The Bertz CT molecular complexity index is 2460. The van der Waals surface area contributed by atoms with Crippen LogP contribution in [0.25, 0.3) is 61.7 Å². The monoisotopic (exact) mass is 596 g/mol. The van der Waals surface area contributed by atoms with E-state index in [0.717, 1.165) is 71.9 Å². The maximum atomic E-state index is 16.2. The summed E-state index contributed by atoms with van der Waals surface area (Å²) in [6.45, 7) is 0. The highest BCUT2D eigenvalue weighted by molar-refractivity contribution is 7.86. The van der Waals surface area contributed by atoms with Crippen molar-refractivity contribution < 1.29 is 4.57 Å². The van der Waals surface area contributed by atoms with Crippen molar-refractivity contribution in [3.8, 4) is 39.6 Å². The summed E-state index contributed by atoms with van der Waals surface area (Å²) in [5.74, 6) is 0.809. The molecule has 0 radical (unpaired) electrons. The van der Waals surface area contributed by atoms with Crippen molar-refractivity contribution in [2.45, 2.75) is 0 Å². The molecule has 1 aliphatic heterocycles. The molecular formula is C39H25N4OP. The Balaban J connectivity index is 1.46. The molecule has 1 unspecified atom stereocenters. The molecule has 45 heavy (non-hydrogen) atoms. The van der Waals surface area contributed by atoms with E-state index in [0.29, 0.717) is 5.69 Å². The van der Waals surface area contributed by atoms with Gasteiger partial charge in [0.15, 0.2) is 7.14 Å². The average Bonchev–Trinajstić information content (AvgIpc) is 3.51. The quantitative estimate of drug-likeness (QED) is 0.194. The zero-order valence-electron chi connectivity index (χ0n) is 24.1. The molecule has 0 bridgehead atoms. The van der Waals surface area contributed by atoms with Gasteiger partial charge in [-0.1, -0.05) is 121 Å². The van der Waals surface area contributed by atoms with Crippen molar-refractivity contribution in [3.05, 3.63) is 152 Å². The maximum Gasteiger partial charge on any atom is 0.175 e. The molecule has 212 valence electrons. The number of benzene rings is 6. The smallest absolute Gasteiger partial charge is 0.175 e. The molecule has 5 nitrogen and oxygen atoms in total. The summed E-state index contributed by atoms with van der Waals surface area (Å²) in [5, 5.41) is 2.29. The second kappa shape index (κ2) is 9.95. The average molecular weight is 597 g/mol. The standard InChI is InChI=1S/C39H25N4OP/c44-45(28-18-8-3-9-19-28)34-25-13-23-32-37(34)43(39(42-32)27-16-6-2-7-17-27)33-24-12-20-29(38(33)45)36-35(26-14-4-1-5-15-26)40-30-21-10-11-22-31(30)41-36/h1-25H. The molecule has 6 aromatic carbocycles. The van der Waals surface area contributed by atoms with Gasteiger partial charge in [0.2, 0.25) is 0 Å². The van der Waals surface area contributed by atoms with E-state index in [9.17, 15) is 0 Å². The van der Waals surface area contributed by atoms with Gasteiger partial charge in [-0.3, -0.25) is 4.57 Å². The van der Waals surface area contributed by atoms with Crippen LogP contribution < -0.4 is 15.9 Å². The lowest BCUT2D eigenvalue weighted by Gasteiger charge is -2.31. The fourth-order valence-corrected chi connectivity index (χ4v) is 9.82. The fraction of sp³-hybridized carbons (Fsp3) is 0. The minimum Gasteiger partial charge on any atom is -0.308 e. The van der Waals surface area contributed by atoms with Crippen LogP contribution in [0.3, 0.4) is 0 Å². The highest BCUT2D eigenvalue weighted by atomic mass is 31.2. The molecule has 0 aliphatic carbocycles. The van der Waals surface area contributed by atoms with Gasteiger partial charge in [-0.25, -0.2) is 15.0 Å². The van der Waals surface area contributed by atoms with Gasteiger partial charge in [0.05, 0.1) is 44.4 Å². The Morgan fingerprint density at radius 2 is 1.07 bits per heavy atom. The van der Waals surface area contributed by atoms with Crippen LogP contribution in [0.15, 0.2) is 152 Å². The van der Waals surface area contributed by atoms with Crippen LogP contribution in [-0.4, -0.2) is 19.5 Å². The molecule has 1 atom stereocenters. The highest BCUT2D eigenvalue weighted by Gasteiger charge is 2.42. The van der Waals surface area contributed by atoms with Crippen LogP contribution in [0.5, 0.6) is 0 Å². The van der Waals surface area contributed by atoms with Crippen molar-refractivity contribution in [2.75, 3.05) is 0 Å². The van der Waals surface area contributed by atoms with Gasteiger partial charge < -0.3 is 4.57 Å². The molecule has 0 fully saturated rings. The summed E-state index contributed by atoms with van der Waals surface area (Å²) >= 11 is 0. The third-order valence-corrected chi connectivity index (χ3v) is 11.8. The van der Waals surface area contributed by atoms with E-state index in [1.807, 2.05) is 121 Å². The number of imidazole rings is 1. The van der Waals surface area contributed by atoms with Crippen LogP contribution in [0.1, 0.15) is 0 Å². The van der Waals surface area contributed by atoms with Crippen LogP contribution in [0, 0.1) is 0 Å². The summed E-state index contributed by atoms with van der Waals surface area (Å²) in [6.07, 6.45) is 0. The van der Waals surface area contributed by atoms with E-state index in [2.05, 4.69) is 34.9 Å². The Morgan fingerprint density at radius 1 is 0.489 bits per heavy atom. The molecule has 2 aromatic heterocycles. The molecule has 0 N–H and O–H groups in total. The second-order valence-electron chi connectivity index (χ2n) is 11.2. The lowest BCUT2D eigenvalue weighted by Crippen LogP contribution is -2.34. The van der Waals surface area contributed by atoms with Crippen molar-refractivity contribution >= 4 is 45.1 Å². The number of rotatable bonds is 4. The first-order valence-electron chi connectivity index (χ1n) is 14.9. The summed E-state index contributed by atoms with van der Waals surface area (Å²) in [5.41, 5.74) is 8.31. The van der Waals surface area contributed by atoms with Gasteiger partial charge in [-0.15, -0.1) is 0 Å². The van der Waals surface area contributed by atoms with Crippen molar-refractivity contribution in [1.82, 2.24) is 19.5 Å². The largest absolute Gasteiger partial charge is 0.308 e. The van der Waals surface area contributed by atoms with E-state index in [1.165, 1.54) is 0 Å². The van der Waals surface area contributed by atoms with Crippen LogP contribution in [-0.2, 0) is 4.57 Å². The first-order valence-corrected chi connectivity index (χ1v) is 16.6. The molecule has 1 aliphatic rings. The van der Waals surface area contributed by atoms with Crippen LogP contribution >= 0.6 is 7.14 Å². The first kappa shape index (κ1) is 25.8. The van der Waals surface area contributed by atoms with Crippen molar-refractivity contribution in [2.24, 2.45) is 0 Å². The predicted octanol–water partition coefficient (Wildman–Crippen LogP) is 7.92. The third kappa shape index (κ3) is 3.81. The normalized spacial score (nSPS) is 15.3. The Morgan fingerprint density at radius 3 is 1.78 bits per heavy atom. The number of para-hydroxylation sites is 3. The molecule has 3 heterocycles. The minimum absolute atomic E-state index is 0.699. The van der Waals surface area contributed by atoms with E-state index in [-0.39, 0.29) is 0 Å². The Kier molecular flexibility index (Phi) is 5.71. The second-order valence-corrected chi connectivity index (χ2v) is 13.8. The zero-order chi connectivity index (χ0) is 30.0. The van der Waals surface area contributed by atoms with Gasteiger partial charge in [-0.05, 0) is 30.3 Å². The summed E-state index contributed by atoms with van der Waals surface area (Å²) in [6, 6.07) is 50.2. The molecule has 8 aromatic rings. The van der Waals surface area contributed by atoms with E-state index in [1.54, 1.807) is 0 Å². The number of hydrogen-bond acceptors (Lipinski definition) is 4. The number of nitrogens with zero attached hydrogens (tertiary/aromatic N) is 4. The predicted molar refractivity (Wildman–Crippen MR) is 183 cm³/mol. The van der Waals surface area contributed by atoms with Crippen LogP contribution in [0.2, 0.25) is 0 Å². The SMILES string of the molecule is O=P1(c2ccccc2)c2c(-c3nc4ccccc4nc3-c3ccccc3)cccc2-n2c(-c3ccccc3)nc3cccc1c32. The lowest BCUT2D eigenvalue weighted by atomic mass is 10.0. The molecule has 9 rings (SSSR count). The van der Waals surface area contributed by atoms with Crippen molar-refractivity contribution in [3.63, 3.8) is 0 Å². The topological polar surface area (TPSA) is 60.7 Å². The lowest BCUT2D eigenvalue weighted by molar-refractivity contribution is 0.592. The van der Waals surface area contributed by atoms with Gasteiger partial charge in [-0.2, -0.15) is 0 Å². The minimum atomic E-state index is -3.45. The van der Waals surface area contributed by atoms with Gasteiger partial charge in [0.25, 0.3) is 0 Å². The molecule has 0 spiro atoms. The molecule has 0 saturated heterocycles. The van der Waals surface area contributed by atoms with Gasteiger partial charge >= 0.3 is 0 Å². The fourth-order valence-electron chi connectivity index (χ4n) is 6.62. The molecule has 0 amide bonds. The molecule has 0 saturated carbocycles. The van der Waals surface area contributed by atoms with E-state index in [4.69, 9.17) is 15.0 Å². The Labute approximate surface area is 259 Å². The van der Waals surface area contributed by atoms with Gasteiger partial charge in [0.1, 0.15) is 5.82 Å². The summed E-state index contributed by atoms with van der Waals surface area (Å²) in [4.78, 5) is 15.5. The van der Waals surface area contributed by atoms with E-state index >= 15 is 4.57 Å². The summed E-state index contributed by atoms with van der Waals surface area (Å²) < 4.78 is 18.4. The number of fused-ring (bicyclic) bond motifs is 3. The maximum absolute atomic E-state index is 16.2. The van der Waals surface area contributed by atoms with E-state index < -0.39 is 7.14 Å².